The van der Waals surface area contributed by atoms with Gasteiger partial charge >= 0.3 is 47.8 Å². The second-order valence-corrected chi connectivity index (χ2v) is 42.5. The molecule has 0 radical (unpaired) electrons. The Bertz CT molecular complexity index is 6080. The Morgan fingerprint density at radius 3 is 0.953 bits per heavy atom. The minimum Gasteiger partial charge on any atom is -0.481 e. The molecule has 4 saturated heterocycles. The number of rotatable bonds is 40. The number of aliphatic imine (C=N–C) groups is 4. The van der Waals surface area contributed by atoms with Gasteiger partial charge in [0.15, 0.2) is 43.4 Å². The van der Waals surface area contributed by atoms with E-state index >= 15 is 0 Å². The molecule has 8 N–H and O–H groups in total. The average Bonchev–Trinajstić information content (AvgIpc) is 1.33. The first-order valence-corrected chi connectivity index (χ1v) is 54.4. The van der Waals surface area contributed by atoms with Crippen LogP contribution in [0.15, 0.2) is 193 Å². The fraction of sp³-hybridized carbons (Fsp3) is 0.417. The molecule has 8 aromatic rings. The number of carboxylic acid groups (broad SMARTS) is 4. The summed E-state index contributed by atoms with van der Waals surface area (Å²) in [5.74, 6) is -17.3. The van der Waals surface area contributed by atoms with Crippen LogP contribution in [0.5, 0.6) is 0 Å². The van der Waals surface area contributed by atoms with Crippen LogP contribution in [0.1, 0.15) is 94.1 Å². The number of esters is 4. The average molecular weight is 2380 g/mol. The molecule has 0 amide bonds. The topological polar surface area (TPSA) is 435 Å². The first-order chi connectivity index (χ1) is 71.7. The van der Waals surface area contributed by atoms with Gasteiger partial charge in [0, 0.05) is 200 Å². The quantitative estimate of drug-likeness (QED) is 0.0100. The molecular weight excluding hydrogens is 2280 g/mol. The van der Waals surface area contributed by atoms with Gasteiger partial charge in [-0.05, 0) is 87.4 Å². The summed E-state index contributed by atoms with van der Waals surface area (Å²) >= 11 is 26.7. The highest BCUT2D eigenvalue weighted by Crippen LogP contribution is 2.46. The summed E-state index contributed by atoms with van der Waals surface area (Å²) in [6, 6.07) is 12.1. The lowest BCUT2D eigenvalue weighted by Gasteiger charge is -2.29. The molecule has 0 spiro atoms. The molecule has 0 bridgehead atoms. The van der Waals surface area contributed by atoms with Crippen LogP contribution < -0.4 is 21.3 Å². The first-order valence-electron chi connectivity index (χ1n) is 46.2. The number of aromatic nitrogens is 4. The third-order valence-electron chi connectivity index (χ3n) is 23.7. The molecule has 4 aromatic heterocycles. The van der Waals surface area contributed by atoms with Crippen molar-refractivity contribution in [3.8, 4) is 0 Å². The van der Waals surface area contributed by atoms with Crippen LogP contribution >= 0.6 is 124 Å². The lowest BCUT2D eigenvalue weighted by molar-refractivity contribution is -0.143. The number of halogens is 14. The number of likely N-dealkylation sites (tertiary alicyclic amines) is 4. The number of carboxylic acids is 4. The van der Waals surface area contributed by atoms with Gasteiger partial charge in [-0.1, -0.05) is 79.3 Å². The van der Waals surface area contributed by atoms with Crippen molar-refractivity contribution in [3.63, 3.8) is 0 Å². The molecule has 0 saturated carbocycles. The zero-order valence-electron chi connectivity index (χ0n) is 79.9. The Hall–Kier alpha value is -10.7. The lowest BCUT2D eigenvalue weighted by atomic mass is 9.95. The molecule has 0 aliphatic carbocycles. The lowest BCUT2D eigenvalue weighted by Crippen LogP contribution is -2.39. The normalized spacial score (nSPS) is 21.6. The van der Waals surface area contributed by atoms with E-state index < -0.39 is 169 Å². The number of aliphatic carboxylic acids is 4. The molecule has 10 atom stereocenters. The van der Waals surface area contributed by atoms with Gasteiger partial charge in [0.05, 0.1) is 86.5 Å². The van der Waals surface area contributed by atoms with Crippen molar-refractivity contribution in [3.05, 3.63) is 249 Å². The molecular formula is C96H98Br2Cl2F10N16O18S6. The predicted molar refractivity (Wildman–Crippen MR) is 550 cm³/mol. The zero-order chi connectivity index (χ0) is 108. The monoisotopic (exact) mass is 2370 g/mol. The van der Waals surface area contributed by atoms with Crippen LogP contribution in [0.3, 0.4) is 0 Å². The molecule has 54 heteroatoms. The summed E-state index contributed by atoms with van der Waals surface area (Å²) in [7, 11) is 0. The van der Waals surface area contributed by atoms with Crippen LogP contribution in [0.4, 0.5) is 43.9 Å². The van der Waals surface area contributed by atoms with Crippen molar-refractivity contribution in [2.24, 2.45) is 43.6 Å². The van der Waals surface area contributed by atoms with Gasteiger partial charge in [-0.15, -0.1) is 68.9 Å². The molecule has 804 valence electrons. The number of hydrogen-bond donors (Lipinski definition) is 8. The fourth-order valence-electron chi connectivity index (χ4n) is 17.2. The number of benzene rings is 4. The number of hydrogen-bond acceptors (Lipinski definition) is 36. The van der Waals surface area contributed by atoms with E-state index in [4.69, 9.17) is 87.0 Å². The third-order valence-corrected chi connectivity index (χ3v) is 31.0. The molecule has 34 nitrogen and oxygen atoms in total. The molecule has 6 unspecified atom stereocenters. The smallest absolute Gasteiger partial charge is 0.338 e. The van der Waals surface area contributed by atoms with Gasteiger partial charge < -0.3 is 70.1 Å². The number of carbonyl (C=O) groups excluding carboxylic acids is 4. The van der Waals surface area contributed by atoms with Gasteiger partial charge in [0.2, 0.25) is 0 Å². The number of nitrogens with one attached hydrogen (secondary N) is 4. The molecule has 12 heterocycles. The van der Waals surface area contributed by atoms with Crippen molar-refractivity contribution >= 4 is 195 Å². The second-order valence-electron chi connectivity index (χ2n) is 34.3. The molecule has 150 heavy (non-hydrogen) atoms. The van der Waals surface area contributed by atoms with Crippen LogP contribution in [-0.4, -0.2) is 310 Å². The second kappa shape index (κ2) is 54.2. The van der Waals surface area contributed by atoms with E-state index in [0.717, 1.165) is 35.7 Å². The van der Waals surface area contributed by atoms with Crippen LogP contribution in [0.25, 0.3) is 0 Å². The van der Waals surface area contributed by atoms with E-state index in [1.807, 2.05) is 4.90 Å². The minimum atomic E-state index is -3.04. The number of nitrogens with zero attached hydrogens (tertiary/aromatic N) is 12. The number of thiazole rings is 4. The number of amidine groups is 4. The van der Waals surface area contributed by atoms with Crippen molar-refractivity contribution < 1.29 is 131 Å². The molecule has 16 rings (SSSR count). The van der Waals surface area contributed by atoms with Crippen molar-refractivity contribution in [1.82, 2.24) is 60.8 Å². The van der Waals surface area contributed by atoms with Crippen molar-refractivity contribution in [2.75, 3.05) is 154 Å². The van der Waals surface area contributed by atoms with Gasteiger partial charge in [-0.2, -0.15) is 0 Å². The Labute approximate surface area is 903 Å². The largest absolute Gasteiger partial charge is 0.481 e. The summed E-state index contributed by atoms with van der Waals surface area (Å²) < 4.78 is 177. The molecule has 8 aliphatic heterocycles. The van der Waals surface area contributed by atoms with E-state index in [9.17, 15) is 82.3 Å². The number of thioether (sulfide) groups is 2. The number of carbonyl (C=O) groups is 8. The molecule has 8 aliphatic rings. The van der Waals surface area contributed by atoms with Crippen LogP contribution in [0.2, 0.25) is 10.0 Å². The SMILES string of the molecule is CCOC(=O)C1=C(CN2CC(CSCC(=O)O)C(F)(F)C2)NC(c2nccs2)=N[C@H]1c1ccc(F)cc1Br.CCOC(=O)C1=C(CN2CC(CSCC(=O)O)C(F)(F)C2)NC(c2nccs2)=N[C@H]1c1ccc(F)cc1Cl.CCOC(=O)C1=C(CN2CC(F)C(COCC(=O)O)C2)NC(c2nccs2)=N[C@H]1c1ccc(F)cc1Br.CCOC(=O)C1=C(CN2CC(F)C(COCC(=O)O)C2)NC(c2nccs2)=N[C@H]1c1ccc(F)cc1Cl. The summed E-state index contributed by atoms with van der Waals surface area (Å²) in [6.07, 6.45) is 3.96. The van der Waals surface area contributed by atoms with Gasteiger partial charge in [0.1, 0.15) is 73.0 Å². The van der Waals surface area contributed by atoms with Gasteiger partial charge in [0.25, 0.3) is 11.8 Å². The first kappa shape index (κ1) is 116. The minimum absolute atomic E-state index is 0.00734. The maximum atomic E-state index is 14.8. The Kier molecular flexibility index (Phi) is 42.1. The van der Waals surface area contributed by atoms with Crippen LogP contribution in [0, 0.1) is 46.9 Å². The summed E-state index contributed by atoms with van der Waals surface area (Å²) in [6.45, 7) is 5.80. The zero-order valence-corrected chi connectivity index (χ0v) is 89.5. The molecule has 4 fully saturated rings. The van der Waals surface area contributed by atoms with E-state index in [1.54, 1.807) is 85.0 Å². The standard InChI is InChI=1S/C24H24BrF3N4O4S2.C24H25BrF2N4O5S.C24H24ClF3N4O4S2.C24H25ClF2N4O5S/c1-2-36-23(35)19-17(9-32-8-13(24(27,28)12-32)10-37-11-18(33)34)30-21(22-29-5-6-38-22)31-20(19)15-4-3-14(26)7-16(15)25;1-2-36-24(34)20-18(10-31-8-13(17(27)9-31)11-35-12-19(32)33)29-22(23-28-5-6-37-23)30-21(20)15-4-3-14(26)7-16(15)25;1-2-36-23(35)19-17(9-32-8-13(24(27,28)12-32)10-37-11-18(33)34)30-21(22-29-5-6-38-22)31-20(19)15-4-3-14(26)7-16(15)25;1-2-36-24(34)20-18(10-31-8-13(17(27)9-31)11-35-12-19(32)33)29-22(23-28-5-6-37-23)30-21(20)15-4-3-14(26)7-16(15)25/h3-7,13,20H,2,8-12H2,1H3,(H,30,31)(H,33,34);3-7,13,17,21H,2,8-12H2,1H3,(H,29,30)(H,32,33);3-7,13,20H,2,8-12H2,1H3,(H,30,31)(H,33,34);3-7,13,17,21H,2,8-12H2,1H3,(H,29,30)(H,32,33)/t13?,20-;13?,17?,21-;13?,20-;13?,17?,21-/m0000/s1. The Balaban J connectivity index is 0.000000167. The van der Waals surface area contributed by atoms with Gasteiger partial charge in [-0.25, -0.2) is 92.6 Å². The Morgan fingerprint density at radius 1 is 0.413 bits per heavy atom. The number of ether oxygens (including phenoxy) is 6. The van der Waals surface area contributed by atoms with Crippen LogP contribution in [-0.2, 0) is 66.8 Å². The highest BCUT2D eigenvalue weighted by molar-refractivity contribution is 9.10. The highest BCUT2D eigenvalue weighted by atomic mass is 79.9. The highest BCUT2D eigenvalue weighted by Gasteiger charge is 2.51. The predicted octanol–water partition coefficient (Wildman–Crippen LogP) is 15.1. The fourth-order valence-corrected chi connectivity index (χ4v) is 23.1. The van der Waals surface area contributed by atoms with E-state index in [-0.39, 0.29) is 154 Å². The number of alkyl halides is 6. The Morgan fingerprint density at radius 2 is 0.693 bits per heavy atom. The molecule has 4 aromatic carbocycles. The third kappa shape index (κ3) is 30.9. The maximum Gasteiger partial charge on any atom is 0.338 e. The van der Waals surface area contributed by atoms with E-state index in [0.29, 0.717) is 104 Å². The van der Waals surface area contributed by atoms with Crippen molar-refractivity contribution in [1.29, 1.82) is 0 Å². The summed E-state index contributed by atoms with van der Waals surface area (Å²) in [4.78, 5) is 139. The van der Waals surface area contributed by atoms with E-state index in [1.165, 1.54) is 110 Å². The van der Waals surface area contributed by atoms with Gasteiger partial charge in [-0.3, -0.25) is 49.2 Å². The summed E-state index contributed by atoms with van der Waals surface area (Å²) in [5.41, 5.74) is 3.96. The summed E-state index contributed by atoms with van der Waals surface area (Å²) in [5, 5.41) is 57.2. The van der Waals surface area contributed by atoms with E-state index in [2.05, 4.69) is 78.1 Å². The van der Waals surface area contributed by atoms with Crippen molar-refractivity contribution in [2.45, 2.75) is 76.1 Å². The maximum absolute atomic E-state index is 14.8.